The van der Waals surface area contributed by atoms with Crippen molar-refractivity contribution in [3.8, 4) is 0 Å². The Balaban J connectivity index is 2.03. The van der Waals surface area contributed by atoms with Crippen LogP contribution in [0.15, 0.2) is 6.33 Å². The fraction of sp³-hybridized carbons (Fsp3) is 0.833. The lowest BCUT2D eigenvalue weighted by molar-refractivity contribution is 0.229. The minimum Gasteiger partial charge on any atom is -0.319 e. The lowest BCUT2D eigenvalue weighted by Gasteiger charge is -2.40. The maximum atomic E-state index is 4.17. The van der Waals surface area contributed by atoms with Crippen molar-refractivity contribution >= 4 is 11.8 Å². The molecule has 5 heteroatoms. The SMILES string of the molecule is CC(NC1CSCCC1(C)C)c1nncn1C. The van der Waals surface area contributed by atoms with Gasteiger partial charge in [-0.2, -0.15) is 11.8 Å². The topological polar surface area (TPSA) is 42.7 Å². The molecule has 0 saturated carbocycles. The van der Waals surface area contributed by atoms with Gasteiger partial charge in [0.1, 0.15) is 12.2 Å². The Labute approximate surface area is 108 Å². The molecule has 0 radical (unpaired) electrons. The van der Waals surface area contributed by atoms with Gasteiger partial charge in [0.05, 0.1) is 6.04 Å². The quantitative estimate of drug-likeness (QED) is 0.896. The summed E-state index contributed by atoms with van der Waals surface area (Å²) in [6.07, 6.45) is 3.04. The zero-order chi connectivity index (χ0) is 12.5. The molecule has 2 rings (SSSR count). The van der Waals surface area contributed by atoms with Gasteiger partial charge in [0.15, 0.2) is 0 Å². The van der Waals surface area contributed by atoms with Crippen LogP contribution in [0.25, 0.3) is 0 Å². The molecular weight excluding hydrogens is 232 g/mol. The molecule has 0 aromatic carbocycles. The van der Waals surface area contributed by atoms with Gasteiger partial charge in [0.2, 0.25) is 0 Å². The first-order valence-electron chi connectivity index (χ1n) is 6.18. The van der Waals surface area contributed by atoms with Crippen LogP contribution in [0.3, 0.4) is 0 Å². The van der Waals surface area contributed by atoms with E-state index in [-0.39, 0.29) is 6.04 Å². The molecule has 1 fully saturated rings. The summed E-state index contributed by atoms with van der Waals surface area (Å²) < 4.78 is 1.99. The fourth-order valence-electron chi connectivity index (χ4n) is 2.27. The molecule has 1 aromatic rings. The molecule has 2 atom stereocenters. The summed E-state index contributed by atoms with van der Waals surface area (Å²) in [5.74, 6) is 3.48. The van der Waals surface area contributed by atoms with E-state index in [9.17, 15) is 0 Å². The minimum absolute atomic E-state index is 0.255. The number of hydrogen-bond donors (Lipinski definition) is 1. The van der Waals surface area contributed by atoms with Gasteiger partial charge in [-0.1, -0.05) is 13.8 Å². The van der Waals surface area contributed by atoms with Gasteiger partial charge in [-0.15, -0.1) is 10.2 Å². The Kier molecular flexibility index (Phi) is 3.78. The molecule has 1 aromatic heterocycles. The molecule has 96 valence electrons. The highest BCUT2D eigenvalue weighted by molar-refractivity contribution is 7.99. The zero-order valence-electron chi connectivity index (χ0n) is 11.1. The van der Waals surface area contributed by atoms with Crippen LogP contribution in [-0.2, 0) is 7.05 Å². The summed E-state index contributed by atoms with van der Waals surface area (Å²) in [6.45, 7) is 6.88. The van der Waals surface area contributed by atoms with Gasteiger partial charge in [0, 0.05) is 18.8 Å². The second kappa shape index (κ2) is 4.98. The zero-order valence-corrected chi connectivity index (χ0v) is 11.9. The van der Waals surface area contributed by atoms with Crippen LogP contribution in [0.1, 0.15) is 39.1 Å². The highest BCUT2D eigenvalue weighted by atomic mass is 32.2. The second-order valence-electron chi connectivity index (χ2n) is 5.55. The number of nitrogens with one attached hydrogen (secondary N) is 1. The van der Waals surface area contributed by atoms with E-state index in [4.69, 9.17) is 0 Å². The van der Waals surface area contributed by atoms with Crippen LogP contribution in [0.5, 0.6) is 0 Å². The maximum absolute atomic E-state index is 4.17. The summed E-state index contributed by atoms with van der Waals surface area (Å²) >= 11 is 2.04. The third-order valence-corrected chi connectivity index (χ3v) is 4.77. The van der Waals surface area contributed by atoms with Crippen LogP contribution in [0.4, 0.5) is 0 Å². The first-order valence-corrected chi connectivity index (χ1v) is 7.34. The lowest BCUT2D eigenvalue weighted by atomic mass is 9.82. The largest absolute Gasteiger partial charge is 0.319 e. The molecule has 1 aliphatic heterocycles. The molecule has 1 saturated heterocycles. The van der Waals surface area contributed by atoms with Gasteiger partial charge in [-0.25, -0.2) is 0 Å². The van der Waals surface area contributed by atoms with Crippen molar-refractivity contribution in [1.82, 2.24) is 20.1 Å². The molecule has 17 heavy (non-hydrogen) atoms. The average Bonchev–Trinajstić information content (AvgIpc) is 2.67. The van der Waals surface area contributed by atoms with E-state index in [0.717, 1.165) is 5.82 Å². The predicted octanol–water partition coefficient (Wildman–Crippen LogP) is 2.00. The molecule has 2 unspecified atom stereocenters. The van der Waals surface area contributed by atoms with Gasteiger partial charge >= 0.3 is 0 Å². The number of thioether (sulfide) groups is 1. The summed E-state index contributed by atoms with van der Waals surface area (Å²) in [5.41, 5.74) is 0.373. The monoisotopic (exact) mass is 254 g/mol. The second-order valence-corrected chi connectivity index (χ2v) is 6.70. The Bertz CT molecular complexity index is 374. The van der Waals surface area contributed by atoms with Crippen LogP contribution in [0.2, 0.25) is 0 Å². The summed E-state index contributed by atoms with van der Waals surface area (Å²) in [6, 6.07) is 0.804. The van der Waals surface area contributed by atoms with E-state index in [1.54, 1.807) is 6.33 Å². The number of hydrogen-bond acceptors (Lipinski definition) is 4. The van der Waals surface area contributed by atoms with Crippen LogP contribution in [0, 0.1) is 5.41 Å². The van der Waals surface area contributed by atoms with E-state index in [2.05, 4.69) is 36.3 Å². The van der Waals surface area contributed by atoms with Crippen molar-refractivity contribution in [2.24, 2.45) is 12.5 Å². The van der Waals surface area contributed by atoms with E-state index >= 15 is 0 Å². The first kappa shape index (κ1) is 12.9. The molecule has 0 amide bonds. The van der Waals surface area contributed by atoms with Crippen molar-refractivity contribution in [3.05, 3.63) is 12.2 Å². The van der Waals surface area contributed by atoms with Gasteiger partial charge in [0.25, 0.3) is 0 Å². The van der Waals surface area contributed by atoms with E-state index in [0.29, 0.717) is 11.5 Å². The number of rotatable bonds is 3. The van der Waals surface area contributed by atoms with Crippen molar-refractivity contribution in [2.45, 2.75) is 39.3 Å². The minimum atomic E-state index is 0.255. The van der Waals surface area contributed by atoms with E-state index in [1.165, 1.54) is 17.9 Å². The first-order chi connectivity index (χ1) is 8.00. The van der Waals surface area contributed by atoms with Crippen molar-refractivity contribution < 1.29 is 0 Å². The third-order valence-electron chi connectivity index (χ3n) is 3.70. The smallest absolute Gasteiger partial charge is 0.149 e. The normalized spacial score (nSPS) is 25.8. The van der Waals surface area contributed by atoms with Gasteiger partial charge < -0.3 is 9.88 Å². The Hall–Kier alpha value is -0.550. The Morgan fingerprint density at radius 1 is 1.59 bits per heavy atom. The lowest BCUT2D eigenvalue weighted by Crippen LogP contribution is -2.47. The van der Waals surface area contributed by atoms with Crippen molar-refractivity contribution in [3.63, 3.8) is 0 Å². The van der Waals surface area contributed by atoms with Gasteiger partial charge in [-0.3, -0.25) is 0 Å². The number of aromatic nitrogens is 3. The highest BCUT2D eigenvalue weighted by Gasteiger charge is 2.33. The average molecular weight is 254 g/mol. The van der Waals surface area contributed by atoms with E-state index in [1.807, 2.05) is 23.4 Å². The molecule has 2 heterocycles. The highest BCUT2D eigenvalue weighted by Crippen LogP contribution is 2.35. The summed E-state index contributed by atoms with van der Waals surface area (Å²) in [4.78, 5) is 0. The molecule has 4 nitrogen and oxygen atoms in total. The fourth-order valence-corrected chi connectivity index (χ4v) is 3.89. The number of aryl methyl sites for hydroxylation is 1. The summed E-state index contributed by atoms with van der Waals surface area (Å²) in [7, 11) is 1.99. The predicted molar refractivity (Wildman–Crippen MR) is 72.1 cm³/mol. The Morgan fingerprint density at radius 3 is 2.94 bits per heavy atom. The molecule has 0 spiro atoms. The third kappa shape index (κ3) is 2.83. The van der Waals surface area contributed by atoms with Crippen LogP contribution in [-0.4, -0.2) is 32.3 Å². The molecule has 0 aliphatic carbocycles. The molecule has 1 aliphatic rings. The molecule has 1 N–H and O–H groups in total. The van der Waals surface area contributed by atoms with Gasteiger partial charge in [-0.05, 0) is 24.5 Å². The molecule has 0 bridgehead atoms. The standard InChI is InChI=1S/C12H22N4S/c1-9(11-15-13-8-16(11)4)14-10-7-17-6-5-12(10,2)3/h8-10,14H,5-7H2,1-4H3. The molecular formula is C12H22N4S. The van der Waals surface area contributed by atoms with Crippen molar-refractivity contribution in [2.75, 3.05) is 11.5 Å². The number of nitrogens with zero attached hydrogens (tertiary/aromatic N) is 3. The Morgan fingerprint density at radius 2 is 2.35 bits per heavy atom. The van der Waals surface area contributed by atoms with E-state index < -0.39 is 0 Å². The summed E-state index contributed by atoms with van der Waals surface area (Å²) in [5, 5.41) is 11.8. The maximum Gasteiger partial charge on any atom is 0.149 e. The van der Waals surface area contributed by atoms with Crippen LogP contribution >= 0.6 is 11.8 Å². The van der Waals surface area contributed by atoms with Crippen LogP contribution < -0.4 is 5.32 Å². The van der Waals surface area contributed by atoms with Crippen molar-refractivity contribution in [1.29, 1.82) is 0 Å².